The molecule has 4 heteroatoms. The van der Waals surface area contributed by atoms with Gasteiger partial charge in [0.1, 0.15) is 11.9 Å². The first-order chi connectivity index (χ1) is 11.5. The lowest BCUT2D eigenvalue weighted by molar-refractivity contribution is -0.137. The molecular weight excluding hydrogens is 302 g/mol. The van der Waals surface area contributed by atoms with Crippen molar-refractivity contribution < 1.29 is 14.3 Å². The SMILES string of the molecule is CCOc1ccc(C(C)NC(=O)C(C)OC2CCCC(C)C2)cc1. The van der Waals surface area contributed by atoms with Crippen LogP contribution in [0.5, 0.6) is 5.75 Å². The Hall–Kier alpha value is -1.55. The monoisotopic (exact) mass is 333 g/mol. The highest BCUT2D eigenvalue weighted by Crippen LogP contribution is 2.26. The van der Waals surface area contributed by atoms with Gasteiger partial charge in [-0.3, -0.25) is 4.79 Å². The van der Waals surface area contributed by atoms with Crippen LogP contribution in [0.25, 0.3) is 0 Å². The average Bonchev–Trinajstić information content (AvgIpc) is 2.55. The highest BCUT2D eigenvalue weighted by atomic mass is 16.5. The predicted octanol–water partition coefficient (Wildman–Crippen LogP) is 4.25. The fourth-order valence-electron chi connectivity index (χ4n) is 3.29. The molecule has 1 aromatic rings. The van der Waals surface area contributed by atoms with Gasteiger partial charge < -0.3 is 14.8 Å². The number of hydrogen-bond acceptors (Lipinski definition) is 3. The molecular formula is C20H31NO3. The number of carbonyl (C=O) groups excluding carboxylic acids is 1. The Balaban J connectivity index is 1.83. The molecule has 0 heterocycles. The van der Waals surface area contributed by atoms with Crippen molar-refractivity contribution in [3.8, 4) is 5.75 Å². The summed E-state index contributed by atoms with van der Waals surface area (Å²) in [6.45, 7) is 8.71. The van der Waals surface area contributed by atoms with Gasteiger partial charge >= 0.3 is 0 Å². The molecule has 134 valence electrons. The zero-order valence-corrected chi connectivity index (χ0v) is 15.4. The molecule has 4 unspecified atom stereocenters. The van der Waals surface area contributed by atoms with Gasteiger partial charge in [0, 0.05) is 0 Å². The largest absolute Gasteiger partial charge is 0.494 e. The lowest BCUT2D eigenvalue weighted by Crippen LogP contribution is -2.39. The molecule has 0 bridgehead atoms. The number of rotatable bonds is 7. The minimum absolute atomic E-state index is 0.0467. The number of benzene rings is 1. The van der Waals surface area contributed by atoms with E-state index in [4.69, 9.17) is 9.47 Å². The minimum atomic E-state index is -0.412. The standard InChI is InChI=1S/C20H31NO3/c1-5-23-18-11-9-17(10-12-18)15(3)21-20(22)16(4)24-19-8-6-7-14(2)13-19/h9-12,14-16,19H,5-8,13H2,1-4H3,(H,21,22). The first kappa shape index (κ1) is 18.8. The quantitative estimate of drug-likeness (QED) is 0.811. The molecule has 0 spiro atoms. The molecule has 1 aliphatic carbocycles. The Morgan fingerprint density at radius 3 is 2.58 bits per heavy atom. The van der Waals surface area contributed by atoms with Gasteiger partial charge in [-0.2, -0.15) is 0 Å². The van der Waals surface area contributed by atoms with Crippen molar-refractivity contribution in [3.05, 3.63) is 29.8 Å². The van der Waals surface area contributed by atoms with Crippen LogP contribution >= 0.6 is 0 Å². The Bertz CT molecular complexity index is 514. The van der Waals surface area contributed by atoms with E-state index in [0.29, 0.717) is 12.5 Å². The number of carbonyl (C=O) groups is 1. The third-order valence-corrected chi connectivity index (χ3v) is 4.70. The van der Waals surface area contributed by atoms with Crippen LogP contribution in [0.4, 0.5) is 0 Å². The van der Waals surface area contributed by atoms with Crippen LogP contribution in [-0.2, 0) is 9.53 Å². The smallest absolute Gasteiger partial charge is 0.249 e. The van der Waals surface area contributed by atoms with E-state index in [-0.39, 0.29) is 18.1 Å². The topological polar surface area (TPSA) is 47.6 Å². The third-order valence-electron chi connectivity index (χ3n) is 4.70. The van der Waals surface area contributed by atoms with Gasteiger partial charge in [0.25, 0.3) is 0 Å². The fraction of sp³-hybridized carbons (Fsp3) is 0.650. The van der Waals surface area contributed by atoms with Crippen LogP contribution in [0.1, 0.15) is 65.0 Å². The summed E-state index contributed by atoms with van der Waals surface area (Å²) in [7, 11) is 0. The number of amides is 1. The van der Waals surface area contributed by atoms with Crippen molar-refractivity contribution in [2.24, 2.45) is 5.92 Å². The summed E-state index contributed by atoms with van der Waals surface area (Å²) in [5, 5.41) is 3.04. The van der Waals surface area contributed by atoms with E-state index >= 15 is 0 Å². The van der Waals surface area contributed by atoms with E-state index in [1.54, 1.807) is 0 Å². The fourth-order valence-corrected chi connectivity index (χ4v) is 3.29. The van der Waals surface area contributed by atoms with Crippen LogP contribution in [0.3, 0.4) is 0 Å². The highest BCUT2D eigenvalue weighted by molar-refractivity contribution is 5.80. The summed E-state index contributed by atoms with van der Waals surface area (Å²) in [5.41, 5.74) is 1.06. The highest BCUT2D eigenvalue weighted by Gasteiger charge is 2.24. The maximum Gasteiger partial charge on any atom is 0.249 e. The summed E-state index contributed by atoms with van der Waals surface area (Å²) in [6, 6.07) is 7.80. The van der Waals surface area contributed by atoms with Gasteiger partial charge in [-0.1, -0.05) is 31.9 Å². The second-order valence-electron chi connectivity index (χ2n) is 6.90. The third kappa shape index (κ3) is 5.52. The molecule has 0 radical (unpaired) electrons. The van der Waals surface area contributed by atoms with Gasteiger partial charge in [-0.25, -0.2) is 0 Å². The summed E-state index contributed by atoms with van der Waals surface area (Å²) in [6.07, 6.45) is 4.40. The number of ether oxygens (including phenoxy) is 2. The molecule has 1 aliphatic rings. The summed E-state index contributed by atoms with van der Waals surface area (Å²) in [5.74, 6) is 1.50. The van der Waals surface area contributed by atoms with Crippen LogP contribution in [0.15, 0.2) is 24.3 Å². The zero-order valence-electron chi connectivity index (χ0n) is 15.4. The molecule has 24 heavy (non-hydrogen) atoms. The summed E-state index contributed by atoms with van der Waals surface area (Å²) in [4.78, 5) is 12.4. The Labute approximate surface area is 145 Å². The first-order valence-corrected chi connectivity index (χ1v) is 9.18. The van der Waals surface area contributed by atoms with Gasteiger partial charge in [0.15, 0.2) is 0 Å². The first-order valence-electron chi connectivity index (χ1n) is 9.18. The van der Waals surface area contributed by atoms with Crippen LogP contribution < -0.4 is 10.1 Å². The van der Waals surface area contributed by atoms with E-state index in [1.807, 2.05) is 45.0 Å². The number of hydrogen-bond donors (Lipinski definition) is 1. The Morgan fingerprint density at radius 1 is 1.25 bits per heavy atom. The maximum absolute atomic E-state index is 12.4. The van der Waals surface area contributed by atoms with Crippen molar-refractivity contribution in [2.75, 3.05) is 6.61 Å². The molecule has 0 saturated heterocycles. The van der Waals surface area contributed by atoms with Gasteiger partial charge in [0.05, 0.1) is 18.8 Å². The van der Waals surface area contributed by atoms with Crippen molar-refractivity contribution in [2.45, 2.75) is 71.6 Å². The van der Waals surface area contributed by atoms with Crippen molar-refractivity contribution in [3.63, 3.8) is 0 Å². The van der Waals surface area contributed by atoms with Crippen LogP contribution in [0, 0.1) is 5.92 Å². The average molecular weight is 333 g/mol. The molecule has 0 aromatic heterocycles. The van der Waals surface area contributed by atoms with E-state index in [9.17, 15) is 4.79 Å². The van der Waals surface area contributed by atoms with Gasteiger partial charge in [-0.05, 0) is 57.2 Å². The van der Waals surface area contributed by atoms with Gasteiger partial charge in [0.2, 0.25) is 5.91 Å². The Kier molecular flexibility index (Phi) is 7.10. The van der Waals surface area contributed by atoms with Crippen LogP contribution in [0.2, 0.25) is 0 Å². The molecule has 1 fully saturated rings. The van der Waals surface area contributed by atoms with Gasteiger partial charge in [-0.15, -0.1) is 0 Å². The zero-order chi connectivity index (χ0) is 17.5. The van der Waals surface area contributed by atoms with Crippen molar-refractivity contribution in [1.29, 1.82) is 0 Å². The molecule has 1 N–H and O–H groups in total. The lowest BCUT2D eigenvalue weighted by Gasteiger charge is -2.29. The second-order valence-corrected chi connectivity index (χ2v) is 6.90. The minimum Gasteiger partial charge on any atom is -0.494 e. The molecule has 1 amide bonds. The second kappa shape index (κ2) is 9.07. The van der Waals surface area contributed by atoms with E-state index in [0.717, 1.165) is 24.2 Å². The van der Waals surface area contributed by atoms with E-state index in [2.05, 4.69) is 12.2 Å². The van der Waals surface area contributed by atoms with E-state index < -0.39 is 6.10 Å². The van der Waals surface area contributed by atoms with Crippen molar-refractivity contribution >= 4 is 5.91 Å². The van der Waals surface area contributed by atoms with Crippen LogP contribution in [-0.4, -0.2) is 24.7 Å². The molecule has 0 aliphatic heterocycles. The molecule has 1 aromatic carbocycles. The molecule has 1 saturated carbocycles. The summed E-state index contributed by atoms with van der Waals surface area (Å²) < 4.78 is 11.4. The normalized spacial score (nSPS) is 23.3. The lowest BCUT2D eigenvalue weighted by atomic mass is 9.88. The predicted molar refractivity (Wildman–Crippen MR) is 96.1 cm³/mol. The van der Waals surface area contributed by atoms with E-state index in [1.165, 1.54) is 12.8 Å². The molecule has 4 atom stereocenters. The van der Waals surface area contributed by atoms with Crippen molar-refractivity contribution in [1.82, 2.24) is 5.32 Å². The number of nitrogens with one attached hydrogen (secondary N) is 1. The molecule has 4 nitrogen and oxygen atoms in total. The maximum atomic E-state index is 12.4. The Morgan fingerprint density at radius 2 is 1.96 bits per heavy atom. The summed E-state index contributed by atoms with van der Waals surface area (Å²) >= 11 is 0. The molecule has 2 rings (SSSR count).